The largest absolute Gasteiger partial charge is 0.323 e. The highest BCUT2D eigenvalue weighted by molar-refractivity contribution is 6.52. The van der Waals surface area contributed by atoms with Gasteiger partial charge in [0.05, 0.1) is 11.6 Å². The van der Waals surface area contributed by atoms with Crippen LogP contribution in [0.1, 0.15) is 6.42 Å². The van der Waals surface area contributed by atoms with Gasteiger partial charge < -0.3 is 5.32 Å². The van der Waals surface area contributed by atoms with Gasteiger partial charge in [-0.25, -0.2) is 4.39 Å². The molecule has 1 aliphatic carbocycles. The lowest BCUT2D eigenvalue weighted by Crippen LogP contribution is -2.17. The molecule has 0 heterocycles. The van der Waals surface area contributed by atoms with E-state index in [4.69, 9.17) is 34.8 Å². The monoisotopic (exact) mass is 281 g/mol. The minimum absolute atomic E-state index is 0.0745. The van der Waals surface area contributed by atoms with E-state index in [-0.39, 0.29) is 16.6 Å². The highest BCUT2D eigenvalue weighted by atomic mass is 35.5. The summed E-state index contributed by atoms with van der Waals surface area (Å²) < 4.78 is 12.3. The average molecular weight is 283 g/mol. The van der Waals surface area contributed by atoms with Crippen molar-refractivity contribution < 1.29 is 9.18 Å². The number of rotatable bonds is 2. The number of carbonyl (C=O) groups excluding carboxylic acids is 1. The first kappa shape index (κ1) is 12.0. The molecule has 1 saturated carbocycles. The van der Waals surface area contributed by atoms with E-state index >= 15 is 0 Å². The molecule has 1 fully saturated rings. The zero-order chi connectivity index (χ0) is 11.9. The number of alkyl halides is 2. The number of amides is 1. The van der Waals surface area contributed by atoms with Crippen LogP contribution in [0.4, 0.5) is 10.1 Å². The molecule has 0 radical (unpaired) electrons. The first-order valence-electron chi connectivity index (χ1n) is 4.54. The van der Waals surface area contributed by atoms with Crippen LogP contribution in [0.5, 0.6) is 0 Å². The van der Waals surface area contributed by atoms with Crippen molar-refractivity contribution in [1.82, 2.24) is 0 Å². The highest BCUT2D eigenvalue weighted by Gasteiger charge is 2.56. The summed E-state index contributed by atoms with van der Waals surface area (Å²) in [6, 6.07) is 4.00. The Morgan fingerprint density at radius 1 is 1.50 bits per heavy atom. The number of anilines is 1. The standard InChI is InChI=1S/C10H7Cl3FNO/c11-5-1-2-8(7(14)3-5)15-9(16)6-4-10(6,12)13/h1-3,6H,4H2,(H,15,16). The van der Waals surface area contributed by atoms with E-state index in [0.717, 1.165) is 6.07 Å². The second kappa shape index (κ2) is 4.06. The van der Waals surface area contributed by atoms with Crippen molar-refractivity contribution in [2.75, 3.05) is 5.32 Å². The van der Waals surface area contributed by atoms with Crippen LogP contribution in [0.3, 0.4) is 0 Å². The molecule has 2 nitrogen and oxygen atoms in total. The predicted molar refractivity (Wildman–Crippen MR) is 62.6 cm³/mol. The molecule has 1 N–H and O–H groups in total. The van der Waals surface area contributed by atoms with Crippen molar-refractivity contribution in [1.29, 1.82) is 0 Å². The Labute approximate surface area is 107 Å². The lowest BCUT2D eigenvalue weighted by atomic mass is 10.3. The normalized spacial score (nSPS) is 21.6. The van der Waals surface area contributed by atoms with Gasteiger partial charge in [-0.1, -0.05) is 11.6 Å². The van der Waals surface area contributed by atoms with Gasteiger partial charge in [0.25, 0.3) is 0 Å². The van der Waals surface area contributed by atoms with E-state index in [2.05, 4.69) is 5.32 Å². The second-order valence-electron chi connectivity index (χ2n) is 3.63. The van der Waals surface area contributed by atoms with Crippen LogP contribution in [-0.4, -0.2) is 10.2 Å². The molecule has 0 saturated heterocycles. The minimum atomic E-state index is -1.01. The van der Waals surface area contributed by atoms with Gasteiger partial charge in [0.2, 0.25) is 5.91 Å². The van der Waals surface area contributed by atoms with Gasteiger partial charge in [0, 0.05) is 5.02 Å². The van der Waals surface area contributed by atoms with Crippen molar-refractivity contribution in [3.8, 4) is 0 Å². The Morgan fingerprint density at radius 2 is 2.12 bits per heavy atom. The number of benzene rings is 1. The molecule has 1 atom stereocenters. The fourth-order valence-electron chi connectivity index (χ4n) is 1.31. The zero-order valence-electron chi connectivity index (χ0n) is 7.94. The molecule has 86 valence electrons. The molecular formula is C10H7Cl3FNO. The Hall–Kier alpha value is -0.510. The minimum Gasteiger partial charge on any atom is -0.323 e. The summed E-state index contributed by atoms with van der Waals surface area (Å²) in [5.41, 5.74) is 0.0745. The first-order chi connectivity index (χ1) is 7.40. The van der Waals surface area contributed by atoms with Gasteiger partial charge in [0.1, 0.15) is 10.2 Å². The van der Waals surface area contributed by atoms with Crippen LogP contribution in [0.15, 0.2) is 18.2 Å². The molecule has 0 aliphatic heterocycles. The number of halogens is 4. The maximum Gasteiger partial charge on any atom is 0.230 e. The van der Waals surface area contributed by atoms with Crippen LogP contribution < -0.4 is 5.32 Å². The lowest BCUT2D eigenvalue weighted by Gasteiger charge is -2.06. The van der Waals surface area contributed by atoms with Crippen molar-refractivity contribution in [2.45, 2.75) is 10.8 Å². The molecule has 1 unspecified atom stereocenters. The van der Waals surface area contributed by atoms with Crippen LogP contribution in [0, 0.1) is 11.7 Å². The van der Waals surface area contributed by atoms with E-state index < -0.39 is 16.1 Å². The third-order valence-electron chi connectivity index (χ3n) is 2.33. The van der Waals surface area contributed by atoms with Gasteiger partial charge >= 0.3 is 0 Å². The Morgan fingerprint density at radius 3 is 2.62 bits per heavy atom. The molecule has 1 aromatic carbocycles. The van der Waals surface area contributed by atoms with Gasteiger partial charge in [0.15, 0.2) is 0 Å². The van der Waals surface area contributed by atoms with Crippen molar-refractivity contribution in [3.63, 3.8) is 0 Å². The summed E-state index contributed by atoms with van der Waals surface area (Å²) in [7, 11) is 0. The molecular weight excluding hydrogens is 275 g/mol. The molecule has 1 aliphatic rings. The molecule has 0 bridgehead atoms. The van der Waals surface area contributed by atoms with Crippen molar-refractivity contribution >= 4 is 46.4 Å². The van der Waals surface area contributed by atoms with E-state index in [1.165, 1.54) is 12.1 Å². The molecule has 0 spiro atoms. The smallest absolute Gasteiger partial charge is 0.230 e. The maximum absolute atomic E-state index is 13.3. The van der Waals surface area contributed by atoms with Gasteiger partial charge in [-0.05, 0) is 24.6 Å². The summed E-state index contributed by atoms with van der Waals surface area (Å²) in [4.78, 5) is 11.5. The van der Waals surface area contributed by atoms with E-state index in [1.807, 2.05) is 0 Å². The summed E-state index contributed by atoms with van der Waals surface area (Å²) in [5.74, 6) is -1.45. The van der Waals surface area contributed by atoms with Gasteiger partial charge in [-0.2, -0.15) is 0 Å². The van der Waals surface area contributed by atoms with Gasteiger partial charge in [-0.3, -0.25) is 4.79 Å². The lowest BCUT2D eigenvalue weighted by molar-refractivity contribution is -0.117. The molecule has 0 aromatic heterocycles. The Kier molecular flexibility index (Phi) is 3.03. The molecule has 2 rings (SSSR count). The number of hydrogen-bond acceptors (Lipinski definition) is 1. The van der Waals surface area contributed by atoms with E-state index in [1.54, 1.807) is 0 Å². The van der Waals surface area contributed by atoms with Crippen LogP contribution in [-0.2, 0) is 4.79 Å². The van der Waals surface area contributed by atoms with E-state index in [0.29, 0.717) is 6.42 Å². The fourth-order valence-corrected chi connectivity index (χ4v) is 1.97. The summed E-state index contributed by atoms with van der Waals surface area (Å²) in [5, 5.41) is 2.68. The van der Waals surface area contributed by atoms with Crippen LogP contribution in [0.2, 0.25) is 5.02 Å². The third-order valence-corrected chi connectivity index (χ3v) is 3.40. The summed E-state index contributed by atoms with van der Waals surface area (Å²) >= 11 is 17.0. The molecule has 1 amide bonds. The third kappa shape index (κ3) is 2.42. The highest BCUT2D eigenvalue weighted by Crippen LogP contribution is 2.53. The molecule has 16 heavy (non-hydrogen) atoms. The summed E-state index contributed by atoms with van der Waals surface area (Å²) in [6.07, 6.45) is 0.386. The molecule has 6 heteroatoms. The van der Waals surface area contributed by atoms with Crippen molar-refractivity contribution in [2.24, 2.45) is 5.92 Å². The average Bonchev–Trinajstić information content (AvgIpc) is 2.80. The van der Waals surface area contributed by atoms with Crippen LogP contribution >= 0.6 is 34.8 Å². The van der Waals surface area contributed by atoms with Crippen molar-refractivity contribution in [3.05, 3.63) is 29.0 Å². The maximum atomic E-state index is 13.3. The molecule has 1 aromatic rings. The Balaban J connectivity index is 2.07. The quantitative estimate of drug-likeness (QED) is 0.825. The number of carbonyl (C=O) groups is 1. The predicted octanol–water partition coefficient (Wildman–Crippen LogP) is 3.61. The number of nitrogens with one attached hydrogen (secondary N) is 1. The summed E-state index contributed by atoms with van der Waals surface area (Å²) in [6.45, 7) is 0. The Bertz CT molecular complexity index is 450. The SMILES string of the molecule is O=C(Nc1ccc(Cl)cc1F)C1CC1(Cl)Cl. The van der Waals surface area contributed by atoms with E-state index in [9.17, 15) is 9.18 Å². The number of hydrogen-bond donors (Lipinski definition) is 1. The zero-order valence-corrected chi connectivity index (χ0v) is 10.2. The second-order valence-corrected chi connectivity index (χ2v) is 5.61. The van der Waals surface area contributed by atoms with Crippen LogP contribution in [0.25, 0.3) is 0 Å². The first-order valence-corrected chi connectivity index (χ1v) is 5.67. The topological polar surface area (TPSA) is 29.1 Å². The fraction of sp³-hybridized carbons (Fsp3) is 0.300. The van der Waals surface area contributed by atoms with Gasteiger partial charge in [-0.15, -0.1) is 23.2 Å².